The predicted octanol–water partition coefficient (Wildman–Crippen LogP) is 6.06. The van der Waals surface area contributed by atoms with E-state index in [0.29, 0.717) is 5.57 Å². The molecule has 0 aliphatic heterocycles. The van der Waals surface area contributed by atoms with E-state index in [4.69, 9.17) is 5.11 Å². The Hall–Kier alpha value is -0.440. The van der Waals surface area contributed by atoms with Gasteiger partial charge in [-0.15, -0.1) is 0 Å². The molecule has 3 heteroatoms. The van der Waals surface area contributed by atoms with E-state index in [-0.39, 0.29) is 0 Å². The van der Waals surface area contributed by atoms with Gasteiger partial charge in [0.15, 0.2) is 0 Å². The summed E-state index contributed by atoms with van der Waals surface area (Å²) in [5.41, 5.74) is 0.467. The minimum Gasteiger partial charge on any atom is -0.478 e. The average Bonchev–Trinajstić information content (AvgIpc) is 2.47. The molecule has 0 rings (SSSR count). The predicted molar refractivity (Wildman–Crippen MR) is 95.2 cm³/mol. The second-order valence-corrected chi connectivity index (χ2v) is 7.00. The molecule has 0 heterocycles. The molecule has 0 atom stereocenters. The van der Waals surface area contributed by atoms with Crippen LogP contribution in [0.2, 0.25) is 0 Å². The highest BCUT2D eigenvalue weighted by atomic mass is 32.2. The van der Waals surface area contributed by atoms with Crippen molar-refractivity contribution in [3.05, 3.63) is 11.6 Å². The molecule has 21 heavy (non-hydrogen) atoms. The molecule has 1 N–H and O–H groups in total. The fraction of sp³-hybridized carbons (Fsp3) is 0.833. The van der Waals surface area contributed by atoms with Crippen molar-refractivity contribution in [2.45, 2.75) is 84.5 Å². The molecule has 0 aliphatic carbocycles. The Morgan fingerprint density at radius 3 is 1.95 bits per heavy atom. The fourth-order valence-corrected chi connectivity index (χ4v) is 3.14. The van der Waals surface area contributed by atoms with Crippen LogP contribution in [0.1, 0.15) is 84.5 Å². The Bertz CT molecular complexity index is 274. The third-order valence-electron chi connectivity index (χ3n) is 3.69. The van der Waals surface area contributed by atoms with Gasteiger partial charge in [-0.05, 0) is 31.3 Å². The van der Waals surface area contributed by atoms with Crippen molar-refractivity contribution in [3.63, 3.8) is 0 Å². The van der Waals surface area contributed by atoms with Crippen molar-refractivity contribution in [2.75, 3.05) is 11.5 Å². The topological polar surface area (TPSA) is 37.3 Å². The lowest BCUT2D eigenvalue weighted by molar-refractivity contribution is -0.132. The van der Waals surface area contributed by atoms with Gasteiger partial charge < -0.3 is 5.11 Å². The Morgan fingerprint density at radius 2 is 1.43 bits per heavy atom. The van der Waals surface area contributed by atoms with Gasteiger partial charge in [0, 0.05) is 5.57 Å². The van der Waals surface area contributed by atoms with Crippen molar-refractivity contribution in [2.24, 2.45) is 0 Å². The largest absolute Gasteiger partial charge is 0.478 e. The standard InChI is InChI=1S/C18H34O2S/c1-3-4-5-6-7-8-9-10-11-12-15-21-16-13-14-17(2)18(19)20/h14H,3-13,15-16H2,1-2H3,(H,19,20). The molecule has 0 spiro atoms. The van der Waals surface area contributed by atoms with E-state index in [0.717, 1.165) is 12.2 Å². The number of allylic oxidation sites excluding steroid dienone is 1. The summed E-state index contributed by atoms with van der Waals surface area (Å²) in [5, 5.41) is 8.71. The minimum absolute atomic E-state index is 0.467. The first-order valence-corrected chi connectivity index (χ1v) is 9.81. The van der Waals surface area contributed by atoms with Crippen LogP contribution in [0, 0.1) is 0 Å². The van der Waals surface area contributed by atoms with Crippen LogP contribution >= 0.6 is 11.8 Å². The van der Waals surface area contributed by atoms with Gasteiger partial charge >= 0.3 is 5.97 Å². The van der Waals surface area contributed by atoms with Crippen LogP contribution in [-0.4, -0.2) is 22.6 Å². The summed E-state index contributed by atoms with van der Waals surface area (Å²) in [7, 11) is 0. The molecule has 0 saturated heterocycles. The third-order valence-corrected chi connectivity index (χ3v) is 4.79. The van der Waals surface area contributed by atoms with E-state index in [1.807, 2.05) is 17.8 Å². The lowest BCUT2D eigenvalue weighted by Gasteiger charge is -2.02. The maximum Gasteiger partial charge on any atom is 0.330 e. The van der Waals surface area contributed by atoms with Crippen LogP contribution in [0.3, 0.4) is 0 Å². The Balaban J connectivity index is 3.12. The van der Waals surface area contributed by atoms with Crippen LogP contribution < -0.4 is 0 Å². The number of aliphatic carboxylic acids is 1. The van der Waals surface area contributed by atoms with Crippen molar-refractivity contribution in [1.82, 2.24) is 0 Å². The van der Waals surface area contributed by atoms with Gasteiger partial charge in [-0.25, -0.2) is 4.79 Å². The summed E-state index contributed by atoms with van der Waals surface area (Å²) in [4.78, 5) is 10.6. The Kier molecular flexibility index (Phi) is 15.6. The molecule has 0 aromatic rings. The van der Waals surface area contributed by atoms with Gasteiger partial charge in [0.25, 0.3) is 0 Å². The van der Waals surface area contributed by atoms with E-state index >= 15 is 0 Å². The molecule has 0 aromatic heterocycles. The van der Waals surface area contributed by atoms with Gasteiger partial charge in [-0.2, -0.15) is 11.8 Å². The van der Waals surface area contributed by atoms with Crippen molar-refractivity contribution in [1.29, 1.82) is 0 Å². The molecule has 0 bridgehead atoms. The lowest BCUT2D eigenvalue weighted by Crippen LogP contribution is -1.96. The van der Waals surface area contributed by atoms with Crippen LogP contribution in [0.5, 0.6) is 0 Å². The van der Waals surface area contributed by atoms with Crippen molar-refractivity contribution >= 4 is 17.7 Å². The summed E-state index contributed by atoms with van der Waals surface area (Å²) in [6, 6.07) is 0. The van der Waals surface area contributed by atoms with Gasteiger partial charge in [0.1, 0.15) is 0 Å². The lowest BCUT2D eigenvalue weighted by atomic mass is 10.1. The van der Waals surface area contributed by atoms with E-state index in [9.17, 15) is 4.79 Å². The van der Waals surface area contributed by atoms with E-state index in [1.165, 1.54) is 70.0 Å². The molecule has 0 aromatic carbocycles. The number of carbonyl (C=O) groups is 1. The maximum absolute atomic E-state index is 10.6. The zero-order valence-electron chi connectivity index (χ0n) is 14.0. The second-order valence-electron chi connectivity index (χ2n) is 5.78. The Labute approximate surface area is 135 Å². The summed E-state index contributed by atoms with van der Waals surface area (Å²) in [5.74, 6) is 1.47. The zero-order chi connectivity index (χ0) is 15.8. The third kappa shape index (κ3) is 15.8. The van der Waals surface area contributed by atoms with E-state index in [2.05, 4.69) is 6.92 Å². The van der Waals surface area contributed by atoms with Crippen LogP contribution in [0.25, 0.3) is 0 Å². The summed E-state index contributed by atoms with van der Waals surface area (Å²) in [6.45, 7) is 3.93. The van der Waals surface area contributed by atoms with Crippen molar-refractivity contribution < 1.29 is 9.90 Å². The molecular weight excluding hydrogens is 280 g/mol. The molecule has 0 unspecified atom stereocenters. The first-order valence-electron chi connectivity index (χ1n) is 8.66. The van der Waals surface area contributed by atoms with E-state index in [1.54, 1.807) is 6.92 Å². The zero-order valence-corrected chi connectivity index (χ0v) is 14.8. The molecule has 0 aliphatic rings. The number of hydrogen-bond acceptors (Lipinski definition) is 2. The van der Waals surface area contributed by atoms with E-state index < -0.39 is 5.97 Å². The fourth-order valence-electron chi connectivity index (χ4n) is 2.24. The van der Waals surface area contributed by atoms with Gasteiger partial charge in [-0.1, -0.05) is 70.8 Å². The molecule has 0 amide bonds. The second kappa shape index (κ2) is 15.9. The molecule has 2 nitrogen and oxygen atoms in total. The molecule has 0 saturated carbocycles. The molecule has 124 valence electrons. The SMILES string of the molecule is CCCCCCCCCCCCSCCC=C(C)C(=O)O. The van der Waals surface area contributed by atoms with Gasteiger partial charge in [0.2, 0.25) is 0 Å². The molecular formula is C18H34O2S. The average molecular weight is 315 g/mol. The number of rotatable bonds is 15. The number of thioether (sulfide) groups is 1. The number of hydrogen-bond donors (Lipinski definition) is 1. The smallest absolute Gasteiger partial charge is 0.330 e. The van der Waals surface area contributed by atoms with Crippen LogP contribution in [-0.2, 0) is 4.79 Å². The number of unbranched alkanes of at least 4 members (excludes halogenated alkanes) is 9. The van der Waals surface area contributed by atoms with Gasteiger partial charge in [-0.3, -0.25) is 0 Å². The van der Waals surface area contributed by atoms with Crippen LogP contribution in [0.4, 0.5) is 0 Å². The van der Waals surface area contributed by atoms with Crippen molar-refractivity contribution in [3.8, 4) is 0 Å². The number of carboxylic acid groups (broad SMARTS) is 1. The minimum atomic E-state index is -0.797. The Morgan fingerprint density at radius 1 is 0.905 bits per heavy atom. The summed E-state index contributed by atoms with van der Waals surface area (Å²) in [6.07, 6.45) is 16.6. The monoisotopic (exact) mass is 314 g/mol. The summed E-state index contributed by atoms with van der Waals surface area (Å²) >= 11 is 1.95. The highest BCUT2D eigenvalue weighted by molar-refractivity contribution is 7.99. The highest BCUT2D eigenvalue weighted by Gasteiger charge is 1.98. The highest BCUT2D eigenvalue weighted by Crippen LogP contribution is 2.13. The number of carboxylic acids is 1. The first-order chi connectivity index (χ1) is 10.2. The summed E-state index contributed by atoms with van der Waals surface area (Å²) < 4.78 is 0. The quantitative estimate of drug-likeness (QED) is 0.295. The maximum atomic E-state index is 10.6. The van der Waals surface area contributed by atoms with Crippen LogP contribution in [0.15, 0.2) is 11.6 Å². The molecule has 0 fully saturated rings. The molecule has 0 radical (unpaired) electrons. The first kappa shape index (κ1) is 20.6. The normalized spacial score (nSPS) is 11.8. The van der Waals surface area contributed by atoms with Gasteiger partial charge in [0.05, 0.1) is 0 Å².